The first-order valence-electron chi connectivity index (χ1n) is 7.22. The maximum absolute atomic E-state index is 13.7. The van der Waals surface area contributed by atoms with Gasteiger partial charge in [0.2, 0.25) is 11.1 Å². The van der Waals surface area contributed by atoms with Gasteiger partial charge in [0.1, 0.15) is 11.6 Å². The number of aryl methyl sites for hydroxylation is 1. The lowest BCUT2D eigenvalue weighted by Crippen LogP contribution is -2.27. The van der Waals surface area contributed by atoms with Crippen LogP contribution < -0.4 is 5.32 Å². The Morgan fingerprint density at radius 2 is 2.41 bits per heavy atom. The second-order valence-electron chi connectivity index (χ2n) is 5.27. The van der Waals surface area contributed by atoms with Crippen LogP contribution in [0.25, 0.3) is 0 Å². The first kappa shape index (κ1) is 15.0. The van der Waals surface area contributed by atoms with Crippen molar-refractivity contribution < 1.29 is 9.18 Å². The fraction of sp³-hybridized carbons (Fsp3) is 0.400. The number of halogens is 1. The normalized spacial score (nSPS) is 16.5. The molecule has 1 aromatic heterocycles. The molecule has 2 aromatic rings. The molecule has 1 aromatic carbocycles. The van der Waals surface area contributed by atoms with Crippen molar-refractivity contribution >= 4 is 17.7 Å². The van der Waals surface area contributed by atoms with Crippen molar-refractivity contribution in [3.8, 4) is 0 Å². The number of rotatable bonds is 5. The van der Waals surface area contributed by atoms with Crippen LogP contribution in [0.1, 0.15) is 35.8 Å². The minimum Gasteiger partial charge on any atom is -0.349 e. The van der Waals surface area contributed by atoms with Crippen molar-refractivity contribution in [3.63, 3.8) is 0 Å². The molecular weight excluding hydrogens is 303 g/mol. The molecule has 0 fully saturated rings. The lowest BCUT2D eigenvalue weighted by molar-refractivity contribution is -0.121. The van der Waals surface area contributed by atoms with Gasteiger partial charge in [-0.05, 0) is 37.0 Å². The van der Waals surface area contributed by atoms with Gasteiger partial charge in [0.05, 0.1) is 6.04 Å². The van der Waals surface area contributed by atoms with E-state index in [0.29, 0.717) is 23.8 Å². The lowest BCUT2D eigenvalue weighted by Gasteiger charge is -2.14. The lowest BCUT2D eigenvalue weighted by atomic mass is 10.1. The number of fused-ring (bicyclic) bond motifs is 1. The quantitative estimate of drug-likeness (QED) is 0.831. The summed E-state index contributed by atoms with van der Waals surface area (Å²) >= 11 is 1.44. The first-order chi connectivity index (χ1) is 10.6. The monoisotopic (exact) mass is 320 g/mol. The molecule has 1 heterocycles. The molecule has 5 nitrogen and oxygen atoms in total. The minimum atomic E-state index is -0.176. The van der Waals surface area contributed by atoms with Gasteiger partial charge in [0.25, 0.3) is 0 Å². The molecule has 0 radical (unpaired) electrons. The van der Waals surface area contributed by atoms with Gasteiger partial charge in [0, 0.05) is 12.2 Å². The summed E-state index contributed by atoms with van der Waals surface area (Å²) in [4.78, 5) is 16.2. The molecule has 0 spiro atoms. The Morgan fingerprint density at radius 3 is 3.18 bits per heavy atom. The number of aromatic nitrogens is 3. The van der Waals surface area contributed by atoms with Crippen LogP contribution in [0.3, 0.4) is 0 Å². The summed E-state index contributed by atoms with van der Waals surface area (Å²) in [7, 11) is 0. The molecule has 22 heavy (non-hydrogen) atoms. The molecule has 0 bridgehead atoms. The van der Waals surface area contributed by atoms with Gasteiger partial charge in [-0.1, -0.05) is 23.9 Å². The number of carbonyl (C=O) groups is 1. The van der Waals surface area contributed by atoms with E-state index in [2.05, 4.69) is 20.5 Å². The van der Waals surface area contributed by atoms with Crippen LogP contribution >= 0.6 is 11.8 Å². The van der Waals surface area contributed by atoms with E-state index in [1.54, 1.807) is 6.07 Å². The van der Waals surface area contributed by atoms with E-state index in [4.69, 9.17) is 0 Å². The van der Waals surface area contributed by atoms with Crippen LogP contribution in [-0.2, 0) is 11.2 Å². The third kappa shape index (κ3) is 3.30. The number of H-pyrrole nitrogens is 1. The fourth-order valence-corrected chi connectivity index (χ4v) is 3.43. The molecule has 0 unspecified atom stereocenters. The van der Waals surface area contributed by atoms with Gasteiger partial charge in [-0.2, -0.15) is 0 Å². The summed E-state index contributed by atoms with van der Waals surface area (Å²) in [6, 6.07) is 4.98. The van der Waals surface area contributed by atoms with E-state index >= 15 is 0 Å². The number of hydrogen-bond donors (Lipinski definition) is 2. The molecule has 2 N–H and O–H groups in total. The van der Waals surface area contributed by atoms with Crippen molar-refractivity contribution in [2.75, 3.05) is 5.75 Å². The topological polar surface area (TPSA) is 70.7 Å². The van der Waals surface area contributed by atoms with Gasteiger partial charge in [0.15, 0.2) is 0 Å². The Kier molecular flexibility index (Phi) is 4.42. The third-order valence-electron chi connectivity index (χ3n) is 3.69. The Morgan fingerprint density at radius 1 is 1.55 bits per heavy atom. The Hall–Kier alpha value is -1.89. The number of thioether (sulfide) groups is 1. The van der Waals surface area contributed by atoms with Crippen LogP contribution in [0.15, 0.2) is 23.4 Å². The second-order valence-corrected chi connectivity index (χ2v) is 6.33. The average molecular weight is 320 g/mol. The highest BCUT2D eigenvalue weighted by Crippen LogP contribution is 2.32. The maximum atomic E-state index is 13.7. The predicted octanol–water partition coefficient (Wildman–Crippen LogP) is 2.54. The molecule has 0 aliphatic heterocycles. The zero-order chi connectivity index (χ0) is 15.5. The van der Waals surface area contributed by atoms with Crippen molar-refractivity contribution in [3.05, 3.63) is 41.0 Å². The zero-order valence-corrected chi connectivity index (χ0v) is 13.0. The molecule has 0 saturated carbocycles. The third-order valence-corrected chi connectivity index (χ3v) is 4.53. The minimum absolute atomic E-state index is 0.0260. The molecule has 1 atom stereocenters. The highest BCUT2D eigenvalue weighted by Gasteiger charge is 2.25. The molecule has 1 aliphatic rings. The van der Waals surface area contributed by atoms with Gasteiger partial charge in [-0.25, -0.2) is 9.37 Å². The summed E-state index contributed by atoms with van der Waals surface area (Å²) in [5.41, 5.74) is 1.64. The Labute approximate surface area is 132 Å². The van der Waals surface area contributed by atoms with Crippen molar-refractivity contribution in [2.24, 2.45) is 0 Å². The fourth-order valence-electron chi connectivity index (χ4n) is 2.65. The number of hydrogen-bond acceptors (Lipinski definition) is 4. The SMILES string of the molecule is Cc1nc(SCCC(=O)N[C@H]2CCc3c(F)cccc32)n[nH]1. The maximum Gasteiger partial charge on any atom is 0.221 e. The van der Waals surface area contributed by atoms with Crippen molar-refractivity contribution in [1.29, 1.82) is 0 Å². The highest BCUT2D eigenvalue weighted by atomic mass is 32.2. The number of nitrogens with one attached hydrogen (secondary N) is 2. The van der Waals surface area contributed by atoms with Crippen molar-refractivity contribution in [1.82, 2.24) is 20.5 Å². The molecule has 1 aliphatic carbocycles. The summed E-state index contributed by atoms with van der Waals surface area (Å²) in [6.45, 7) is 1.83. The van der Waals surface area contributed by atoms with E-state index in [-0.39, 0.29) is 17.8 Å². The zero-order valence-electron chi connectivity index (χ0n) is 12.2. The second kappa shape index (κ2) is 6.48. The molecular formula is C15H17FN4OS. The van der Waals surface area contributed by atoms with Gasteiger partial charge >= 0.3 is 0 Å². The number of amides is 1. The van der Waals surface area contributed by atoms with Crippen LogP contribution in [0.5, 0.6) is 0 Å². The average Bonchev–Trinajstić information content (AvgIpc) is 3.07. The summed E-state index contributed by atoms with van der Waals surface area (Å²) in [5, 5.41) is 10.4. The van der Waals surface area contributed by atoms with Crippen LogP contribution in [-0.4, -0.2) is 26.8 Å². The molecule has 1 amide bonds. The molecule has 3 rings (SSSR count). The van der Waals surface area contributed by atoms with E-state index in [0.717, 1.165) is 23.4 Å². The predicted molar refractivity (Wildman–Crippen MR) is 82.1 cm³/mol. The summed E-state index contributed by atoms with van der Waals surface area (Å²) < 4.78 is 13.7. The largest absolute Gasteiger partial charge is 0.349 e. The standard InChI is InChI=1S/C15H17FN4OS/c1-9-17-15(20-19-9)22-8-7-14(21)18-13-6-5-10-11(13)3-2-4-12(10)16/h2-4,13H,5-8H2,1H3,(H,18,21)(H,17,19,20)/t13-/m0/s1. The molecule has 0 saturated heterocycles. The number of aromatic amines is 1. The Bertz CT molecular complexity index is 688. The Balaban J connectivity index is 1.50. The number of carbonyl (C=O) groups excluding carboxylic acids is 1. The van der Waals surface area contributed by atoms with Crippen molar-refractivity contribution in [2.45, 2.75) is 37.4 Å². The van der Waals surface area contributed by atoms with E-state index < -0.39 is 0 Å². The van der Waals surface area contributed by atoms with Gasteiger partial charge in [-0.3, -0.25) is 9.89 Å². The highest BCUT2D eigenvalue weighted by molar-refractivity contribution is 7.99. The van der Waals surface area contributed by atoms with E-state index in [1.807, 2.05) is 13.0 Å². The van der Waals surface area contributed by atoms with Gasteiger partial charge < -0.3 is 5.32 Å². The first-order valence-corrected chi connectivity index (χ1v) is 8.20. The molecule has 7 heteroatoms. The summed E-state index contributed by atoms with van der Waals surface area (Å²) in [6.07, 6.45) is 1.83. The van der Waals surface area contributed by atoms with E-state index in [9.17, 15) is 9.18 Å². The molecule has 116 valence electrons. The number of nitrogens with zero attached hydrogens (tertiary/aromatic N) is 2. The van der Waals surface area contributed by atoms with Gasteiger partial charge in [-0.15, -0.1) is 5.10 Å². The van der Waals surface area contributed by atoms with Crippen LogP contribution in [0, 0.1) is 12.7 Å². The van der Waals surface area contributed by atoms with Crippen LogP contribution in [0.4, 0.5) is 4.39 Å². The summed E-state index contributed by atoms with van der Waals surface area (Å²) in [5.74, 6) is 1.18. The smallest absolute Gasteiger partial charge is 0.221 e. The van der Waals surface area contributed by atoms with Crippen LogP contribution in [0.2, 0.25) is 0 Å². The van der Waals surface area contributed by atoms with E-state index in [1.165, 1.54) is 17.8 Å². The number of benzene rings is 1.